The highest BCUT2D eigenvalue weighted by atomic mass is 19.1. The zero-order chi connectivity index (χ0) is 18.4. The van der Waals surface area contributed by atoms with Gasteiger partial charge in [-0.2, -0.15) is 0 Å². The van der Waals surface area contributed by atoms with E-state index in [4.69, 9.17) is 14.2 Å². The quantitative estimate of drug-likeness (QED) is 0.822. The standard InChI is InChI=1S/C19H28FNO4/c1-19(2,3)25-18(22)21-10-9-17(11-15(20)12-21)24-13-14-5-7-16(23-4)8-6-14/h5-8,15,17H,9-13H2,1-4H3/t15-,17-/m0/s1. The van der Waals surface area contributed by atoms with Gasteiger partial charge < -0.3 is 19.1 Å². The summed E-state index contributed by atoms with van der Waals surface area (Å²) in [4.78, 5) is 13.6. The third kappa shape index (κ3) is 6.53. The van der Waals surface area contributed by atoms with Crippen LogP contribution in [0, 0.1) is 0 Å². The fourth-order valence-corrected chi connectivity index (χ4v) is 2.69. The third-order valence-corrected chi connectivity index (χ3v) is 3.95. The summed E-state index contributed by atoms with van der Waals surface area (Å²) < 4.78 is 30.5. The smallest absolute Gasteiger partial charge is 0.410 e. The number of carbonyl (C=O) groups excluding carboxylic acids is 1. The van der Waals surface area contributed by atoms with Crippen molar-refractivity contribution in [2.45, 2.75) is 58.1 Å². The normalized spacial score (nSPS) is 21.6. The Hall–Kier alpha value is -1.82. The monoisotopic (exact) mass is 353 g/mol. The molecule has 25 heavy (non-hydrogen) atoms. The Kier molecular flexibility index (Phi) is 6.64. The van der Waals surface area contributed by atoms with Crippen LogP contribution in [-0.2, 0) is 16.1 Å². The van der Waals surface area contributed by atoms with Crippen LogP contribution < -0.4 is 4.74 Å². The maximum absolute atomic E-state index is 14.2. The van der Waals surface area contributed by atoms with Gasteiger partial charge in [0.15, 0.2) is 0 Å². The first kappa shape index (κ1) is 19.5. The Morgan fingerprint density at radius 2 is 1.96 bits per heavy atom. The molecule has 1 heterocycles. The molecule has 1 fully saturated rings. The first-order chi connectivity index (χ1) is 11.8. The maximum atomic E-state index is 14.2. The lowest BCUT2D eigenvalue weighted by atomic mass is 10.1. The van der Waals surface area contributed by atoms with Gasteiger partial charge in [-0.05, 0) is 44.9 Å². The summed E-state index contributed by atoms with van der Waals surface area (Å²) in [7, 11) is 1.62. The van der Waals surface area contributed by atoms with E-state index in [2.05, 4.69) is 0 Å². The number of nitrogens with zero attached hydrogens (tertiary/aromatic N) is 1. The Bertz CT molecular complexity index is 556. The molecule has 0 spiro atoms. The first-order valence-corrected chi connectivity index (χ1v) is 8.63. The van der Waals surface area contributed by atoms with Crippen LogP contribution in [0.2, 0.25) is 0 Å². The average molecular weight is 353 g/mol. The number of halogens is 1. The minimum Gasteiger partial charge on any atom is -0.497 e. The minimum atomic E-state index is -1.11. The van der Waals surface area contributed by atoms with Crippen molar-refractivity contribution in [3.8, 4) is 5.75 Å². The number of hydrogen-bond acceptors (Lipinski definition) is 4. The molecule has 6 heteroatoms. The molecule has 0 aromatic heterocycles. The van der Waals surface area contributed by atoms with Crippen molar-refractivity contribution in [2.24, 2.45) is 0 Å². The van der Waals surface area contributed by atoms with Crippen molar-refractivity contribution >= 4 is 6.09 Å². The largest absolute Gasteiger partial charge is 0.497 e. The zero-order valence-corrected chi connectivity index (χ0v) is 15.5. The second kappa shape index (κ2) is 8.52. The summed E-state index contributed by atoms with van der Waals surface area (Å²) >= 11 is 0. The molecule has 2 rings (SSSR count). The highest BCUT2D eigenvalue weighted by molar-refractivity contribution is 5.68. The van der Waals surface area contributed by atoms with Gasteiger partial charge in [0.2, 0.25) is 0 Å². The van der Waals surface area contributed by atoms with Crippen LogP contribution in [0.15, 0.2) is 24.3 Å². The molecule has 0 radical (unpaired) electrons. The van der Waals surface area contributed by atoms with Crippen molar-refractivity contribution in [1.29, 1.82) is 0 Å². The van der Waals surface area contributed by atoms with Crippen LogP contribution in [0.5, 0.6) is 5.75 Å². The Labute approximate surface area is 149 Å². The Balaban J connectivity index is 1.86. The van der Waals surface area contributed by atoms with Gasteiger partial charge in [0.25, 0.3) is 0 Å². The molecule has 0 N–H and O–H groups in total. The number of amides is 1. The SMILES string of the molecule is COc1ccc(CO[C@H]2CCN(C(=O)OC(C)(C)C)C[C@@H](F)C2)cc1. The number of benzene rings is 1. The number of likely N-dealkylation sites (tertiary alicyclic amines) is 1. The number of rotatable bonds is 4. The summed E-state index contributed by atoms with van der Waals surface area (Å²) in [6, 6.07) is 7.59. The fraction of sp³-hybridized carbons (Fsp3) is 0.632. The van der Waals surface area contributed by atoms with E-state index in [1.54, 1.807) is 27.9 Å². The van der Waals surface area contributed by atoms with Gasteiger partial charge in [0.1, 0.15) is 17.5 Å². The van der Waals surface area contributed by atoms with E-state index in [-0.39, 0.29) is 19.1 Å². The van der Waals surface area contributed by atoms with Crippen molar-refractivity contribution in [3.05, 3.63) is 29.8 Å². The molecule has 1 saturated heterocycles. The molecule has 1 amide bonds. The summed E-state index contributed by atoms with van der Waals surface area (Å²) in [6.45, 7) is 6.30. The number of methoxy groups -OCH3 is 1. The van der Waals surface area contributed by atoms with E-state index < -0.39 is 17.9 Å². The van der Waals surface area contributed by atoms with Crippen LogP contribution in [0.3, 0.4) is 0 Å². The predicted molar refractivity (Wildman–Crippen MR) is 93.5 cm³/mol. The predicted octanol–water partition coefficient (Wildman–Crippen LogP) is 3.95. The third-order valence-electron chi connectivity index (χ3n) is 3.95. The summed E-state index contributed by atoms with van der Waals surface area (Å²) in [5, 5.41) is 0. The first-order valence-electron chi connectivity index (χ1n) is 8.63. The van der Waals surface area contributed by atoms with E-state index in [1.165, 1.54) is 4.90 Å². The molecule has 140 valence electrons. The number of alkyl halides is 1. The molecular formula is C19H28FNO4. The van der Waals surface area contributed by atoms with Crippen molar-refractivity contribution < 1.29 is 23.4 Å². The van der Waals surface area contributed by atoms with Crippen molar-refractivity contribution in [3.63, 3.8) is 0 Å². The molecule has 2 atom stereocenters. The molecule has 0 bridgehead atoms. The zero-order valence-electron chi connectivity index (χ0n) is 15.5. The van der Waals surface area contributed by atoms with Gasteiger partial charge in [-0.3, -0.25) is 0 Å². The number of hydrogen-bond donors (Lipinski definition) is 0. The van der Waals surface area contributed by atoms with Gasteiger partial charge in [-0.25, -0.2) is 9.18 Å². The van der Waals surface area contributed by atoms with Crippen LogP contribution in [-0.4, -0.2) is 49.1 Å². The fourth-order valence-electron chi connectivity index (χ4n) is 2.69. The van der Waals surface area contributed by atoms with E-state index in [0.29, 0.717) is 19.6 Å². The van der Waals surface area contributed by atoms with Gasteiger partial charge in [-0.15, -0.1) is 0 Å². The average Bonchev–Trinajstić information content (AvgIpc) is 2.73. The molecule has 0 saturated carbocycles. The van der Waals surface area contributed by atoms with Crippen LogP contribution >= 0.6 is 0 Å². The lowest BCUT2D eigenvalue weighted by Gasteiger charge is -2.26. The van der Waals surface area contributed by atoms with E-state index in [0.717, 1.165) is 11.3 Å². The van der Waals surface area contributed by atoms with Crippen molar-refractivity contribution in [1.82, 2.24) is 4.90 Å². The highest BCUT2D eigenvalue weighted by Gasteiger charge is 2.30. The van der Waals surface area contributed by atoms with E-state index in [1.807, 2.05) is 24.3 Å². The van der Waals surface area contributed by atoms with Crippen LogP contribution in [0.25, 0.3) is 0 Å². The van der Waals surface area contributed by atoms with Gasteiger partial charge >= 0.3 is 6.09 Å². The molecule has 1 aromatic rings. The molecule has 0 unspecified atom stereocenters. The molecular weight excluding hydrogens is 325 g/mol. The molecule has 1 aliphatic heterocycles. The molecule has 5 nitrogen and oxygen atoms in total. The molecule has 1 aliphatic rings. The molecule has 1 aromatic carbocycles. The van der Waals surface area contributed by atoms with Crippen LogP contribution in [0.4, 0.5) is 9.18 Å². The summed E-state index contributed by atoms with van der Waals surface area (Å²) in [5.74, 6) is 0.787. The van der Waals surface area contributed by atoms with Crippen LogP contribution in [0.1, 0.15) is 39.2 Å². The van der Waals surface area contributed by atoms with Crippen molar-refractivity contribution in [2.75, 3.05) is 20.2 Å². The Morgan fingerprint density at radius 1 is 1.28 bits per heavy atom. The van der Waals surface area contributed by atoms with E-state index in [9.17, 15) is 9.18 Å². The number of ether oxygens (including phenoxy) is 3. The highest BCUT2D eigenvalue weighted by Crippen LogP contribution is 2.21. The van der Waals surface area contributed by atoms with E-state index >= 15 is 0 Å². The minimum absolute atomic E-state index is 0.0529. The summed E-state index contributed by atoms with van der Waals surface area (Å²) in [6.07, 6.45) is -0.919. The Morgan fingerprint density at radius 3 is 2.56 bits per heavy atom. The van der Waals surface area contributed by atoms with Gasteiger partial charge in [0, 0.05) is 13.0 Å². The van der Waals surface area contributed by atoms with Gasteiger partial charge in [0.05, 0.1) is 26.4 Å². The van der Waals surface area contributed by atoms with Gasteiger partial charge in [-0.1, -0.05) is 12.1 Å². The lowest BCUT2D eigenvalue weighted by Crippen LogP contribution is -2.39. The molecule has 0 aliphatic carbocycles. The number of carbonyl (C=O) groups is 1. The maximum Gasteiger partial charge on any atom is 0.410 e. The second-order valence-corrected chi connectivity index (χ2v) is 7.33. The topological polar surface area (TPSA) is 48.0 Å². The summed E-state index contributed by atoms with van der Waals surface area (Å²) in [5.41, 5.74) is 0.420. The lowest BCUT2D eigenvalue weighted by molar-refractivity contribution is 0.0189. The second-order valence-electron chi connectivity index (χ2n) is 7.33.